The summed E-state index contributed by atoms with van der Waals surface area (Å²) in [5.74, 6) is 1.24. The molecule has 194 valence electrons. The van der Waals surface area contributed by atoms with Crippen molar-refractivity contribution in [1.29, 1.82) is 0 Å². The minimum atomic E-state index is -3.81. The van der Waals surface area contributed by atoms with E-state index in [9.17, 15) is 8.42 Å². The predicted molar refractivity (Wildman–Crippen MR) is 152 cm³/mol. The summed E-state index contributed by atoms with van der Waals surface area (Å²) in [6, 6.07) is 23.1. The number of benzene rings is 3. The van der Waals surface area contributed by atoms with Gasteiger partial charge < -0.3 is 4.57 Å². The summed E-state index contributed by atoms with van der Waals surface area (Å²) in [6.45, 7) is 4.94. The van der Waals surface area contributed by atoms with Crippen molar-refractivity contribution in [2.45, 2.75) is 51.0 Å². The molecule has 7 nitrogen and oxygen atoms in total. The van der Waals surface area contributed by atoms with E-state index in [1.165, 1.54) is 6.20 Å². The molecule has 1 N–H and O–H groups in total. The lowest BCUT2D eigenvalue weighted by Gasteiger charge is -2.12. The maximum atomic E-state index is 13.1. The van der Waals surface area contributed by atoms with Crippen LogP contribution < -0.4 is 4.72 Å². The number of hydrogen-bond donors (Lipinski definition) is 1. The van der Waals surface area contributed by atoms with Crippen LogP contribution in [-0.2, 0) is 29.4 Å². The molecule has 0 aliphatic heterocycles. The molecule has 0 unspecified atom stereocenters. The molecule has 2 heterocycles. The van der Waals surface area contributed by atoms with Gasteiger partial charge in [0.15, 0.2) is 5.82 Å². The van der Waals surface area contributed by atoms with Crippen molar-refractivity contribution in [3.8, 4) is 11.3 Å². The second-order valence-corrected chi connectivity index (χ2v) is 10.9. The van der Waals surface area contributed by atoms with Crippen molar-refractivity contribution < 1.29 is 8.42 Å². The molecule has 0 amide bonds. The lowest BCUT2D eigenvalue weighted by Crippen LogP contribution is -2.15. The van der Waals surface area contributed by atoms with Gasteiger partial charge in [-0.3, -0.25) is 9.71 Å². The first-order valence-corrected chi connectivity index (χ1v) is 14.4. The molecular formula is C30H31N5O2S. The molecule has 0 bridgehead atoms. The van der Waals surface area contributed by atoms with Gasteiger partial charge in [-0.1, -0.05) is 68.8 Å². The summed E-state index contributed by atoms with van der Waals surface area (Å²) in [5, 5.41) is 0. The Labute approximate surface area is 223 Å². The number of imidazole rings is 1. The second-order valence-electron chi connectivity index (χ2n) is 9.26. The van der Waals surface area contributed by atoms with Crippen LogP contribution in [-0.4, -0.2) is 27.9 Å². The lowest BCUT2D eigenvalue weighted by atomic mass is 10.1. The van der Waals surface area contributed by atoms with Crippen LogP contribution in [0.1, 0.15) is 43.6 Å². The van der Waals surface area contributed by atoms with Gasteiger partial charge in [0.25, 0.3) is 10.0 Å². The number of aromatic nitrogens is 4. The molecule has 5 aromatic rings. The van der Waals surface area contributed by atoms with E-state index in [0.717, 1.165) is 59.2 Å². The summed E-state index contributed by atoms with van der Waals surface area (Å²) >= 11 is 0. The zero-order valence-corrected chi connectivity index (χ0v) is 22.4. The quantitative estimate of drug-likeness (QED) is 0.233. The van der Waals surface area contributed by atoms with Crippen LogP contribution in [0.25, 0.3) is 22.3 Å². The van der Waals surface area contributed by atoms with Crippen LogP contribution in [0.15, 0.2) is 90.1 Å². The van der Waals surface area contributed by atoms with Crippen molar-refractivity contribution in [2.24, 2.45) is 0 Å². The standard InChI is InChI=1S/C30H31N5O2S/c1-3-5-8-22-13-17-25(18-14-22)38(36,37)34-30-29(31-19-20-32-30)24-15-11-23(12-16-24)21-35-27-10-7-6-9-26(27)33-28(35)4-2/h6-7,9-20H,3-5,8,21H2,1-2H3,(H,32,34). The van der Waals surface area contributed by atoms with E-state index in [0.29, 0.717) is 12.2 Å². The zero-order valence-electron chi connectivity index (χ0n) is 21.6. The molecule has 0 saturated heterocycles. The highest BCUT2D eigenvalue weighted by Gasteiger charge is 2.18. The first-order valence-electron chi connectivity index (χ1n) is 12.9. The Hall–Kier alpha value is -4.04. The smallest absolute Gasteiger partial charge is 0.263 e. The maximum absolute atomic E-state index is 13.1. The Morgan fingerprint density at radius 1 is 0.842 bits per heavy atom. The minimum Gasteiger partial charge on any atom is -0.323 e. The fourth-order valence-electron chi connectivity index (χ4n) is 4.55. The number of unbranched alkanes of at least 4 members (excludes halogenated alkanes) is 1. The van der Waals surface area contributed by atoms with Crippen LogP contribution in [0.4, 0.5) is 5.82 Å². The van der Waals surface area contributed by atoms with Crippen LogP contribution in [0.5, 0.6) is 0 Å². The molecule has 5 rings (SSSR count). The van der Waals surface area contributed by atoms with E-state index in [1.54, 1.807) is 18.3 Å². The topological polar surface area (TPSA) is 89.8 Å². The molecule has 38 heavy (non-hydrogen) atoms. The largest absolute Gasteiger partial charge is 0.323 e. The van der Waals surface area contributed by atoms with Crippen molar-refractivity contribution >= 4 is 26.9 Å². The molecule has 0 aliphatic rings. The summed E-state index contributed by atoms with van der Waals surface area (Å²) in [4.78, 5) is 13.7. The molecule has 2 aromatic heterocycles. The zero-order chi connectivity index (χ0) is 26.5. The molecular weight excluding hydrogens is 494 g/mol. The summed E-state index contributed by atoms with van der Waals surface area (Å²) in [6.07, 6.45) is 7.00. The number of anilines is 1. The summed E-state index contributed by atoms with van der Waals surface area (Å²) < 4.78 is 31.1. The van der Waals surface area contributed by atoms with Crippen LogP contribution in [0, 0.1) is 0 Å². The highest BCUT2D eigenvalue weighted by Crippen LogP contribution is 2.27. The number of fused-ring (bicyclic) bond motifs is 1. The SMILES string of the molecule is CCCCc1ccc(S(=O)(=O)Nc2nccnc2-c2ccc(Cn3c(CC)nc4ccccc43)cc2)cc1. The van der Waals surface area contributed by atoms with E-state index < -0.39 is 10.0 Å². The van der Waals surface area contributed by atoms with Gasteiger partial charge in [0, 0.05) is 30.9 Å². The fourth-order valence-corrected chi connectivity index (χ4v) is 5.56. The number of nitrogens with zero attached hydrogens (tertiary/aromatic N) is 4. The molecule has 0 fully saturated rings. The number of para-hydroxylation sites is 2. The maximum Gasteiger partial charge on any atom is 0.263 e. The molecule has 0 saturated carbocycles. The molecule has 3 aromatic carbocycles. The van der Waals surface area contributed by atoms with Gasteiger partial charge in [0.2, 0.25) is 0 Å². The summed E-state index contributed by atoms with van der Waals surface area (Å²) in [5.41, 5.74) is 5.59. The van der Waals surface area contributed by atoms with Crippen molar-refractivity contribution in [1.82, 2.24) is 19.5 Å². The van der Waals surface area contributed by atoms with Crippen molar-refractivity contribution in [2.75, 3.05) is 4.72 Å². The minimum absolute atomic E-state index is 0.198. The third-order valence-corrected chi connectivity index (χ3v) is 7.95. The van der Waals surface area contributed by atoms with Gasteiger partial charge in [-0.15, -0.1) is 0 Å². The van der Waals surface area contributed by atoms with E-state index in [4.69, 9.17) is 4.98 Å². The van der Waals surface area contributed by atoms with Gasteiger partial charge in [0.05, 0.1) is 15.9 Å². The van der Waals surface area contributed by atoms with Gasteiger partial charge in [-0.05, 0) is 48.2 Å². The van der Waals surface area contributed by atoms with E-state index in [1.807, 2.05) is 54.6 Å². The van der Waals surface area contributed by atoms with Gasteiger partial charge >= 0.3 is 0 Å². The Morgan fingerprint density at radius 2 is 1.55 bits per heavy atom. The Bertz CT molecular complexity index is 1640. The van der Waals surface area contributed by atoms with Crippen LogP contribution >= 0.6 is 0 Å². The first kappa shape index (κ1) is 25.6. The predicted octanol–water partition coefficient (Wildman–Crippen LogP) is 6.25. The number of aryl methyl sites for hydroxylation is 2. The lowest BCUT2D eigenvalue weighted by molar-refractivity contribution is 0.601. The number of hydrogen-bond acceptors (Lipinski definition) is 5. The fraction of sp³-hybridized carbons (Fsp3) is 0.233. The van der Waals surface area contributed by atoms with Crippen LogP contribution in [0.3, 0.4) is 0 Å². The van der Waals surface area contributed by atoms with Gasteiger partial charge in [-0.25, -0.2) is 18.4 Å². The number of rotatable bonds is 10. The van der Waals surface area contributed by atoms with E-state index in [-0.39, 0.29) is 10.7 Å². The van der Waals surface area contributed by atoms with Gasteiger partial charge in [0.1, 0.15) is 11.5 Å². The van der Waals surface area contributed by atoms with Gasteiger partial charge in [-0.2, -0.15) is 0 Å². The third kappa shape index (κ3) is 5.45. The molecule has 0 atom stereocenters. The Morgan fingerprint density at radius 3 is 2.29 bits per heavy atom. The molecule has 0 radical (unpaired) electrons. The van der Waals surface area contributed by atoms with Crippen molar-refractivity contribution in [3.05, 3.63) is 102 Å². The average molecular weight is 526 g/mol. The third-order valence-electron chi connectivity index (χ3n) is 6.60. The van der Waals surface area contributed by atoms with Crippen molar-refractivity contribution in [3.63, 3.8) is 0 Å². The highest BCUT2D eigenvalue weighted by atomic mass is 32.2. The van der Waals surface area contributed by atoms with E-state index in [2.05, 4.69) is 39.2 Å². The Balaban J connectivity index is 1.37. The highest BCUT2D eigenvalue weighted by molar-refractivity contribution is 7.92. The normalized spacial score (nSPS) is 11.6. The first-order chi connectivity index (χ1) is 18.5. The average Bonchev–Trinajstić information content (AvgIpc) is 3.30. The summed E-state index contributed by atoms with van der Waals surface area (Å²) in [7, 11) is -3.81. The monoisotopic (exact) mass is 525 g/mol. The number of nitrogens with one attached hydrogen (secondary N) is 1. The molecule has 8 heteroatoms. The second kappa shape index (κ2) is 11.1. The Kier molecular flexibility index (Phi) is 7.51. The van der Waals surface area contributed by atoms with E-state index >= 15 is 0 Å². The number of sulfonamides is 1. The molecule has 0 aliphatic carbocycles. The van der Waals surface area contributed by atoms with Crippen LogP contribution in [0.2, 0.25) is 0 Å². The molecule has 0 spiro atoms.